The van der Waals surface area contributed by atoms with Crippen molar-refractivity contribution in [1.82, 2.24) is 10.2 Å². The summed E-state index contributed by atoms with van der Waals surface area (Å²) in [5, 5.41) is 12.9. The minimum absolute atomic E-state index is 0.159. The van der Waals surface area contributed by atoms with Gasteiger partial charge in [-0.1, -0.05) is 12.1 Å². The van der Waals surface area contributed by atoms with Crippen LogP contribution < -0.4 is 10.1 Å². The first kappa shape index (κ1) is 13.3. The van der Waals surface area contributed by atoms with E-state index in [4.69, 9.17) is 4.74 Å². The largest absolute Gasteiger partial charge is 0.497 e. The normalized spacial score (nSPS) is 22.1. The van der Waals surface area contributed by atoms with Crippen LogP contribution >= 0.6 is 0 Å². The Morgan fingerprint density at radius 2 is 2.39 bits per heavy atom. The number of ether oxygens (including phenoxy) is 1. The van der Waals surface area contributed by atoms with Gasteiger partial charge >= 0.3 is 0 Å². The fourth-order valence-corrected chi connectivity index (χ4v) is 2.46. The summed E-state index contributed by atoms with van der Waals surface area (Å²) in [6, 6.07) is 8.40. The summed E-state index contributed by atoms with van der Waals surface area (Å²) in [6.07, 6.45) is 0.724. The fraction of sp³-hybridized carbons (Fsp3) is 0.571. The molecule has 0 saturated carbocycles. The number of β-amino-alcohol motifs (C(OH)–C–C–N with tert-alkyl or cyclic N) is 1. The molecule has 18 heavy (non-hydrogen) atoms. The van der Waals surface area contributed by atoms with E-state index < -0.39 is 0 Å². The summed E-state index contributed by atoms with van der Waals surface area (Å²) >= 11 is 0. The molecule has 1 aromatic rings. The molecule has 100 valence electrons. The second-order valence-electron chi connectivity index (χ2n) is 4.82. The molecule has 0 unspecified atom stereocenters. The van der Waals surface area contributed by atoms with E-state index in [0.717, 1.165) is 31.8 Å². The van der Waals surface area contributed by atoms with Crippen LogP contribution in [0.4, 0.5) is 0 Å². The first-order chi connectivity index (χ1) is 8.72. The molecule has 4 heteroatoms. The van der Waals surface area contributed by atoms with Gasteiger partial charge in [0.25, 0.3) is 0 Å². The van der Waals surface area contributed by atoms with Gasteiger partial charge in [0.1, 0.15) is 5.75 Å². The second-order valence-corrected chi connectivity index (χ2v) is 4.82. The Bertz CT molecular complexity index is 384. The Morgan fingerprint density at radius 1 is 1.56 bits per heavy atom. The number of aliphatic hydroxyl groups excluding tert-OH is 1. The number of hydrogen-bond donors (Lipinski definition) is 2. The van der Waals surface area contributed by atoms with Crippen LogP contribution in [0.1, 0.15) is 18.0 Å². The van der Waals surface area contributed by atoms with Crippen molar-refractivity contribution in [2.45, 2.75) is 18.6 Å². The first-order valence-corrected chi connectivity index (χ1v) is 6.44. The average Bonchev–Trinajstić information content (AvgIpc) is 2.81. The van der Waals surface area contributed by atoms with Crippen molar-refractivity contribution in [3.05, 3.63) is 29.8 Å². The van der Waals surface area contributed by atoms with E-state index in [1.165, 1.54) is 5.56 Å². The van der Waals surface area contributed by atoms with Gasteiger partial charge in [-0.3, -0.25) is 4.90 Å². The number of methoxy groups -OCH3 is 1. The van der Waals surface area contributed by atoms with Crippen LogP contribution in [0, 0.1) is 0 Å². The molecule has 0 bridgehead atoms. The smallest absolute Gasteiger partial charge is 0.119 e. The maximum absolute atomic E-state index is 9.56. The summed E-state index contributed by atoms with van der Waals surface area (Å²) in [7, 11) is 3.65. The van der Waals surface area contributed by atoms with E-state index >= 15 is 0 Å². The molecule has 0 aliphatic carbocycles. The number of aliphatic hydroxyl groups is 1. The van der Waals surface area contributed by atoms with E-state index in [0.29, 0.717) is 0 Å². The molecule has 4 nitrogen and oxygen atoms in total. The zero-order valence-corrected chi connectivity index (χ0v) is 11.1. The SMILES string of the molecule is CN[C@H](CN1CC[C@@H](O)C1)c1cccc(OC)c1. The van der Waals surface area contributed by atoms with Gasteiger partial charge in [0.05, 0.1) is 13.2 Å². The predicted octanol–water partition coefficient (Wildman–Crippen LogP) is 1.02. The molecule has 1 aliphatic heterocycles. The molecule has 1 heterocycles. The molecule has 1 aliphatic rings. The molecule has 0 aromatic heterocycles. The van der Waals surface area contributed by atoms with Crippen molar-refractivity contribution in [3.63, 3.8) is 0 Å². The fourth-order valence-electron chi connectivity index (χ4n) is 2.46. The summed E-state index contributed by atoms with van der Waals surface area (Å²) in [5.41, 5.74) is 1.22. The summed E-state index contributed by atoms with van der Waals surface area (Å²) < 4.78 is 5.26. The number of likely N-dealkylation sites (N-methyl/N-ethyl adjacent to an activating group) is 1. The molecule has 2 N–H and O–H groups in total. The van der Waals surface area contributed by atoms with Gasteiger partial charge < -0.3 is 15.2 Å². The van der Waals surface area contributed by atoms with Gasteiger partial charge in [-0.15, -0.1) is 0 Å². The standard InChI is InChI=1S/C14H22N2O2/c1-15-14(10-16-7-6-12(17)9-16)11-4-3-5-13(8-11)18-2/h3-5,8,12,14-15,17H,6-7,9-10H2,1-2H3/t12-,14-/m1/s1. The maximum Gasteiger partial charge on any atom is 0.119 e. The van der Waals surface area contributed by atoms with Crippen LogP contribution in [-0.2, 0) is 0 Å². The maximum atomic E-state index is 9.56. The third kappa shape index (κ3) is 3.22. The van der Waals surface area contributed by atoms with Gasteiger partial charge in [0.2, 0.25) is 0 Å². The lowest BCUT2D eigenvalue weighted by molar-refractivity contribution is 0.173. The predicted molar refractivity (Wildman–Crippen MR) is 71.9 cm³/mol. The Balaban J connectivity index is 2.03. The first-order valence-electron chi connectivity index (χ1n) is 6.44. The van der Waals surface area contributed by atoms with Gasteiger partial charge in [0.15, 0.2) is 0 Å². The Morgan fingerprint density at radius 3 is 3.00 bits per heavy atom. The number of nitrogens with one attached hydrogen (secondary N) is 1. The highest BCUT2D eigenvalue weighted by Gasteiger charge is 2.23. The van der Waals surface area contributed by atoms with Crippen LogP contribution in [0.3, 0.4) is 0 Å². The van der Waals surface area contributed by atoms with Gasteiger partial charge in [-0.25, -0.2) is 0 Å². The van der Waals surface area contributed by atoms with Crippen molar-refractivity contribution in [3.8, 4) is 5.75 Å². The van der Waals surface area contributed by atoms with Crippen molar-refractivity contribution >= 4 is 0 Å². The summed E-state index contributed by atoms with van der Waals surface area (Å²) in [5.74, 6) is 0.884. The van der Waals surface area contributed by atoms with E-state index in [1.54, 1.807) is 7.11 Å². The summed E-state index contributed by atoms with van der Waals surface area (Å²) in [6.45, 7) is 2.67. The van der Waals surface area contributed by atoms with Crippen molar-refractivity contribution in [2.24, 2.45) is 0 Å². The van der Waals surface area contributed by atoms with Crippen LogP contribution in [0.25, 0.3) is 0 Å². The van der Waals surface area contributed by atoms with E-state index in [1.807, 2.05) is 19.2 Å². The molecule has 0 radical (unpaired) electrons. The highest BCUT2D eigenvalue weighted by Crippen LogP contribution is 2.21. The van der Waals surface area contributed by atoms with Crippen LogP contribution in [0.5, 0.6) is 5.75 Å². The molecule has 2 rings (SSSR count). The monoisotopic (exact) mass is 250 g/mol. The van der Waals surface area contributed by atoms with Gasteiger partial charge in [0, 0.05) is 25.7 Å². The second kappa shape index (κ2) is 6.18. The molecular weight excluding hydrogens is 228 g/mol. The third-order valence-corrected chi connectivity index (χ3v) is 3.53. The number of rotatable bonds is 5. The Kier molecular flexibility index (Phi) is 4.58. The van der Waals surface area contributed by atoms with Crippen molar-refractivity contribution in [2.75, 3.05) is 33.8 Å². The Labute approximate surface area is 109 Å². The molecule has 1 fully saturated rings. The topological polar surface area (TPSA) is 44.7 Å². The van der Waals surface area contributed by atoms with E-state index in [2.05, 4.69) is 22.3 Å². The van der Waals surface area contributed by atoms with Gasteiger partial charge in [-0.2, -0.15) is 0 Å². The quantitative estimate of drug-likeness (QED) is 0.819. The molecule has 0 amide bonds. The highest BCUT2D eigenvalue weighted by molar-refractivity contribution is 5.30. The van der Waals surface area contributed by atoms with Crippen LogP contribution in [-0.4, -0.2) is 49.9 Å². The van der Waals surface area contributed by atoms with Crippen LogP contribution in [0.2, 0.25) is 0 Å². The average molecular weight is 250 g/mol. The lowest BCUT2D eigenvalue weighted by Gasteiger charge is -2.23. The van der Waals surface area contributed by atoms with Gasteiger partial charge in [-0.05, 0) is 31.2 Å². The van der Waals surface area contributed by atoms with E-state index in [-0.39, 0.29) is 12.1 Å². The number of benzene rings is 1. The highest BCUT2D eigenvalue weighted by atomic mass is 16.5. The minimum atomic E-state index is -0.159. The zero-order chi connectivity index (χ0) is 13.0. The lowest BCUT2D eigenvalue weighted by atomic mass is 10.1. The number of nitrogens with zero attached hydrogens (tertiary/aromatic N) is 1. The number of likely N-dealkylation sites (tertiary alicyclic amines) is 1. The third-order valence-electron chi connectivity index (χ3n) is 3.53. The lowest BCUT2D eigenvalue weighted by Crippen LogP contribution is -2.33. The Hall–Kier alpha value is -1.10. The molecule has 1 aromatic carbocycles. The van der Waals surface area contributed by atoms with Crippen molar-refractivity contribution < 1.29 is 9.84 Å². The summed E-state index contributed by atoms with van der Waals surface area (Å²) in [4.78, 5) is 2.30. The zero-order valence-electron chi connectivity index (χ0n) is 11.1. The van der Waals surface area contributed by atoms with Crippen molar-refractivity contribution in [1.29, 1.82) is 0 Å². The minimum Gasteiger partial charge on any atom is -0.497 e. The molecular formula is C14H22N2O2. The van der Waals surface area contributed by atoms with E-state index in [9.17, 15) is 5.11 Å². The molecule has 0 spiro atoms. The number of hydrogen-bond acceptors (Lipinski definition) is 4. The van der Waals surface area contributed by atoms with Crippen LogP contribution in [0.15, 0.2) is 24.3 Å². The molecule has 1 saturated heterocycles. The molecule has 2 atom stereocenters.